The molecule has 0 atom stereocenters. The van der Waals surface area contributed by atoms with Crippen LogP contribution in [0.2, 0.25) is 0 Å². The summed E-state index contributed by atoms with van der Waals surface area (Å²) >= 11 is 1.04. The van der Waals surface area contributed by atoms with E-state index in [1.54, 1.807) is 19.9 Å². The molecule has 1 aromatic heterocycles. The molecule has 25 heavy (non-hydrogen) atoms. The Labute approximate surface area is 149 Å². The second-order valence-electron chi connectivity index (χ2n) is 5.05. The monoisotopic (exact) mass is 390 g/mol. The molecule has 0 aliphatic heterocycles. The predicted octanol–water partition coefficient (Wildman–Crippen LogP) is 4.28. The highest BCUT2D eigenvalue weighted by molar-refractivity contribution is 7.99. The van der Waals surface area contributed by atoms with Gasteiger partial charge in [-0.25, -0.2) is 13.4 Å². The Bertz CT molecular complexity index is 818. The molecule has 9 heteroatoms. The van der Waals surface area contributed by atoms with Crippen LogP contribution in [0.15, 0.2) is 57.4 Å². The maximum atomic E-state index is 12.7. The van der Waals surface area contributed by atoms with E-state index in [0.29, 0.717) is 23.0 Å². The molecule has 0 amide bonds. The fraction of sp³-hybridized carbons (Fsp3) is 0.312. The standard InChI is InChI=1S/C16H17F3N2O2S2/c1-3-21(4-2)25(22,23)14-8-9-15(20-11-14)24-13-7-5-6-12(10-13)16(17,18)19/h5-11H,3-4H2,1-2H3. The van der Waals surface area contributed by atoms with Crippen molar-refractivity contribution in [2.45, 2.75) is 34.8 Å². The second kappa shape index (κ2) is 7.76. The van der Waals surface area contributed by atoms with E-state index < -0.39 is 21.8 Å². The summed E-state index contributed by atoms with van der Waals surface area (Å²) in [7, 11) is -3.60. The van der Waals surface area contributed by atoms with Gasteiger partial charge in [-0.2, -0.15) is 17.5 Å². The Kier molecular flexibility index (Phi) is 6.12. The normalized spacial score (nSPS) is 12.6. The minimum atomic E-state index is -4.41. The molecule has 2 rings (SSSR count). The largest absolute Gasteiger partial charge is 0.416 e. The SMILES string of the molecule is CCN(CC)S(=O)(=O)c1ccc(Sc2cccc(C(F)(F)F)c2)nc1. The van der Waals surface area contributed by atoms with Gasteiger partial charge in [0.1, 0.15) is 9.92 Å². The molecule has 0 spiro atoms. The number of hydrogen-bond donors (Lipinski definition) is 0. The van der Waals surface area contributed by atoms with Crippen molar-refractivity contribution < 1.29 is 21.6 Å². The number of alkyl halides is 3. The molecule has 0 N–H and O–H groups in total. The molecule has 0 fully saturated rings. The van der Waals surface area contributed by atoms with Crippen molar-refractivity contribution in [3.8, 4) is 0 Å². The molecule has 0 aliphatic carbocycles. The first-order valence-corrected chi connectivity index (χ1v) is 9.75. The smallest absolute Gasteiger partial charge is 0.248 e. The summed E-state index contributed by atoms with van der Waals surface area (Å²) in [5.41, 5.74) is -0.738. The van der Waals surface area contributed by atoms with E-state index in [9.17, 15) is 21.6 Å². The van der Waals surface area contributed by atoms with Gasteiger partial charge in [0, 0.05) is 24.2 Å². The van der Waals surface area contributed by atoms with Crippen LogP contribution in [0.5, 0.6) is 0 Å². The highest BCUT2D eigenvalue weighted by Gasteiger charge is 2.30. The van der Waals surface area contributed by atoms with Gasteiger partial charge in [-0.05, 0) is 30.3 Å². The molecule has 1 aromatic carbocycles. The second-order valence-corrected chi connectivity index (χ2v) is 8.08. The lowest BCUT2D eigenvalue weighted by molar-refractivity contribution is -0.137. The summed E-state index contributed by atoms with van der Waals surface area (Å²) in [6, 6.07) is 7.80. The van der Waals surface area contributed by atoms with Crippen LogP contribution in [-0.2, 0) is 16.2 Å². The van der Waals surface area contributed by atoms with Crippen molar-refractivity contribution in [3.05, 3.63) is 48.2 Å². The van der Waals surface area contributed by atoms with Crippen LogP contribution in [0.4, 0.5) is 13.2 Å². The average molecular weight is 390 g/mol. The van der Waals surface area contributed by atoms with Crippen molar-refractivity contribution in [3.63, 3.8) is 0 Å². The van der Waals surface area contributed by atoms with Crippen LogP contribution < -0.4 is 0 Å². The Morgan fingerprint density at radius 2 is 1.80 bits per heavy atom. The van der Waals surface area contributed by atoms with Gasteiger partial charge in [-0.3, -0.25) is 0 Å². The summed E-state index contributed by atoms with van der Waals surface area (Å²) in [6.45, 7) is 4.18. The molecule has 136 valence electrons. The van der Waals surface area contributed by atoms with Gasteiger partial charge in [0.15, 0.2) is 0 Å². The molecule has 4 nitrogen and oxygen atoms in total. The molecule has 1 heterocycles. The molecule has 0 saturated carbocycles. The number of sulfonamides is 1. The van der Waals surface area contributed by atoms with Crippen molar-refractivity contribution in [2.75, 3.05) is 13.1 Å². The number of aromatic nitrogens is 1. The van der Waals surface area contributed by atoms with Gasteiger partial charge in [0.25, 0.3) is 0 Å². The first kappa shape index (κ1) is 19.7. The summed E-state index contributed by atoms with van der Waals surface area (Å²) in [6.07, 6.45) is -3.19. The number of nitrogens with zero attached hydrogens (tertiary/aromatic N) is 2. The fourth-order valence-electron chi connectivity index (χ4n) is 2.15. The van der Waals surface area contributed by atoms with E-state index in [-0.39, 0.29) is 4.90 Å². The van der Waals surface area contributed by atoms with E-state index >= 15 is 0 Å². The molecule has 2 aromatic rings. The number of benzene rings is 1. The predicted molar refractivity (Wildman–Crippen MR) is 89.9 cm³/mol. The van der Waals surface area contributed by atoms with Crippen LogP contribution in [0.1, 0.15) is 19.4 Å². The lowest BCUT2D eigenvalue weighted by Crippen LogP contribution is -2.30. The maximum Gasteiger partial charge on any atom is 0.416 e. The Morgan fingerprint density at radius 3 is 2.32 bits per heavy atom. The molecular weight excluding hydrogens is 373 g/mol. The summed E-state index contributed by atoms with van der Waals surface area (Å²) in [5.74, 6) is 0. The van der Waals surface area contributed by atoms with Crippen molar-refractivity contribution in [2.24, 2.45) is 0 Å². The fourth-order valence-corrected chi connectivity index (χ4v) is 4.37. The molecule has 0 saturated heterocycles. The van der Waals surface area contributed by atoms with E-state index in [4.69, 9.17) is 0 Å². The van der Waals surface area contributed by atoms with Crippen LogP contribution in [0.3, 0.4) is 0 Å². The van der Waals surface area contributed by atoms with E-state index in [2.05, 4.69) is 4.98 Å². The first-order chi connectivity index (χ1) is 11.7. The third kappa shape index (κ3) is 4.74. The topological polar surface area (TPSA) is 50.3 Å². The molecular formula is C16H17F3N2O2S2. The quantitative estimate of drug-likeness (QED) is 0.739. The van der Waals surface area contributed by atoms with Crippen LogP contribution in [-0.4, -0.2) is 30.8 Å². The highest BCUT2D eigenvalue weighted by Crippen LogP contribution is 2.34. The number of halogens is 3. The van der Waals surface area contributed by atoms with Gasteiger partial charge in [0.2, 0.25) is 10.0 Å². The van der Waals surface area contributed by atoms with Gasteiger partial charge < -0.3 is 0 Å². The maximum absolute atomic E-state index is 12.7. The zero-order valence-electron chi connectivity index (χ0n) is 13.6. The Balaban J connectivity index is 2.22. The first-order valence-electron chi connectivity index (χ1n) is 7.49. The lowest BCUT2D eigenvalue weighted by Gasteiger charge is -2.18. The van der Waals surface area contributed by atoms with E-state index in [0.717, 1.165) is 23.9 Å². The molecule has 0 radical (unpaired) electrons. The third-order valence-electron chi connectivity index (χ3n) is 3.44. The van der Waals surface area contributed by atoms with Crippen LogP contribution >= 0.6 is 11.8 Å². The van der Waals surface area contributed by atoms with Gasteiger partial charge in [-0.1, -0.05) is 31.7 Å². The average Bonchev–Trinajstić information content (AvgIpc) is 2.56. The Hall–Kier alpha value is -1.58. The van der Waals surface area contributed by atoms with Gasteiger partial charge in [-0.15, -0.1) is 0 Å². The van der Waals surface area contributed by atoms with E-state index in [1.165, 1.54) is 28.7 Å². The van der Waals surface area contributed by atoms with Crippen LogP contribution in [0, 0.1) is 0 Å². The third-order valence-corrected chi connectivity index (χ3v) is 6.41. The molecule has 0 bridgehead atoms. The van der Waals surface area contributed by atoms with Crippen LogP contribution in [0.25, 0.3) is 0 Å². The van der Waals surface area contributed by atoms with Gasteiger partial charge in [0.05, 0.1) is 5.56 Å². The summed E-state index contributed by atoms with van der Waals surface area (Å²) in [5, 5.41) is 0.415. The lowest BCUT2D eigenvalue weighted by atomic mass is 10.2. The number of rotatable bonds is 6. The number of hydrogen-bond acceptors (Lipinski definition) is 4. The zero-order valence-corrected chi connectivity index (χ0v) is 15.2. The molecule has 0 unspecified atom stereocenters. The zero-order chi connectivity index (χ0) is 18.7. The summed E-state index contributed by atoms with van der Waals surface area (Å²) < 4.78 is 64.3. The Morgan fingerprint density at radius 1 is 1.12 bits per heavy atom. The number of pyridine rings is 1. The minimum Gasteiger partial charge on any atom is -0.248 e. The summed E-state index contributed by atoms with van der Waals surface area (Å²) in [4.78, 5) is 4.50. The van der Waals surface area contributed by atoms with Gasteiger partial charge >= 0.3 is 6.18 Å². The molecule has 0 aliphatic rings. The van der Waals surface area contributed by atoms with Crippen molar-refractivity contribution in [1.29, 1.82) is 0 Å². The van der Waals surface area contributed by atoms with Crippen molar-refractivity contribution in [1.82, 2.24) is 9.29 Å². The highest BCUT2D eigenvalue weighted by atomic mass is 32.2. The van der Waals surface area contributed by atoms with E-state index in [1.807, 2.05) is 0 Å². The van der Waals surface area contributed by atoms with Crippen molar-refractivity contribution >= 4 is 21.8 Å². The minimum absolute atomic E-state index is 0.0598.